The summed E-state index contributed by atoms with van der Waals surface area (Å²) in [6.07, 6.45) is 3.96. The molecule has 110 valence electrons. The largest absolute Gasteiger partial charge is 0.494 e. The van der Waals surface area contributed by atoms with Crippen LogP contribution in [0.1, 0.15) is 31.2 Å². The fraction of sp³-hybridized carbons (Fsp3) is 0.562. The van der Waals surface area contributed by atoms with Crippen molar-refractivity contribution in [1.82, 2.24) is 10.6 Å². The topological polar surface area (TPSA) is 50.4 Å². The van der Waals surface area contributed by atoms with E-state index in [2.05, 4.69) is 17.6 Å². The Kier molecular flexibility index (Phi) is 5.87. The Bertz CT molecular complexity index is 411. The average molecular weight is 276 g/mol. The van der Waals surface area contributed by atoms with Crippen LogP contribution < -0.4 is 15.4 Å². The maximum absolute atomic E-state index is 11.7. The molecule has 4 heteroatoms. The summed E-state index contributed by atoms with van der Waals surface area (Å²) in [5, 5.41) is 6.17. The minimum Gasteiger partial charge on any atom is -0.494 e. The first kappa shape index (κ1) is 14.9. The Morgan fingerprint density at radius 3 is 2.85 bits per heavy atom. The van der Waals surface area contributed by atoms with Gasteiger partial charge in [-0.05, 0) is 51.3 Å². The molecule has 0 saturated carbocycles. The van der Waals surface area contributed by atoms with Crippen LogP contribution >= 0.6 is 0 Å². The maximum Gasteiger partial charge on any atom is 0.237 e. The third-order valence-corrected chi connectivity index (χ3v) is 3.54. The van der Waals surface area contributed by atoms with Crippen molar-refractivity contribution in [2.24, 2.45) is 0 Å². The summed E-state index contributed by atoms with van der Waals surface area (Å²) in [5.41, 5.74) is 1.24. The van der Waals surface area contributed by atoms with Crippen molar-refractivity contribution in [2.75, 3.05) is 19.7 Å². The molecule has 1 fully saturated rings. The van der Waals surface area contributed by atoms with Gasteiger partial charge in [0.2, 0.25) is 5.91 Å². The molecule has 1 unspecified atom stereocenters. The van der Waals surface area contributed by atoms with Gasteiger partial charge in [0.15, 0.2) is 0 Å². The van der Waals surface area contributed by atoms with E-state index >= 15 is 0 Å². The number of ether oxygens (including phenoxy) is 1. The summed E-state index contributed by atoms with van der Waals surface area (Å²) < 4.78 is 5.64. The molecule has 1 aromatic rings. The highest BCUT2D eigenvalue weighted by Crippen LogP contribution is 2.11. The second-order valence-electron chi connectivity index (χ2n) is 5.31. The lowest BCUT2D eigenvalue weighted by atomic mass is 10.2. The van der Waals surface area contributed by atoms with Crippen LogP contribution in [0.5, 0.6) is 5.75 Å². The molecule has 1 heterocycles. The van der Waals surface area contributed by atoms with Crippen molar-refractivity contribution in [1.29, 1.82) is 0 Å². The normalized spacial score (nSPS) is 17.9. The molecule has 0 spiro atoms. The number of carbonyl (C=O) groups excluding carboxylic acids is 1. The van der Waals surface area contributed by atoms with Crippen LogP contribution in [0.15, 0.2) is 24.3 Å². The number of nitrogens with one attached hydrogen (secondary N) is 2. The minimum absolute atomic E-state index is 0.0267. The molecular formula is C16H24N2O2. The molecular weight excluding hydrogens is 252 g/mol. The third-order valence-electron chi connectivity index (χ3n) is 3.54. The predicted molar refractivity (Wildman–Crippen MR) is 79.9 cm³/mol. The summed E-state index contributed by atoms with van der Waals surface area (Å²) in [4.78, 5) is 11.7. The van der Waals surface area contributed by atoms with Gasteiger partial charge in [0.25, 0.3) is 0 Å². The van der Waals surface area contributed by atoms with Gasteiger partial charge >= 0.3 is 0 Å². The van der Waals surface area contributed by atoms with Crippen molar-refractivity contribution in [3.05, 3.63) is 29.8 Å². The van der Waals surface area contributed by atoms with Crippen LogP contribution in [-0.4, -0.2) is 31.6 Å². The SMILES string of the molecule is Cc1ccc(OCCCCNC(=O)C2CCCN2)cc1. The highest BCUT2D eigenvalue weighted by Gasteiger charge is 2.20. The van der Waals surface area contributed by atoms with Gasteiger partial charge in [-0.3, -0.25) is 4.79 Å². The van der Waals surface area contributed by atoms with Gasteiger partial charge in [0, 0.05) is 6.54 Å². The monoisotopic (exact) mass is 276 g/mol. The van der Waals surface area contributed by atoms with E-state index in [1.807, 2.05) is 24.3 Å². The molecule has 1 aliphatic rings. The maximum atomic E-state index is 11.7. The summed E-state index contributed by atoms with van der Waals surface area (Å²) in [7, 11) is 0. The molecule has 20 heavy (non-hydrogen) atoms. The zero-order chi connectivity index (χ0) is 14.2. The van der Waals surface area contributed by atoms with Gasteiger partial charge in [0.1, 0.15) is 5.75 Å². The quantitative estimate of drug-likeness (QED) is 0.749. The zero-order valence-electron chi connectivity index (χ0n) is 12.2. The Hall–Kier alpha value is -1.55. The molecule has 1 amide bonds. The van der Waals surface area contributed by atoms with Crippen LogP contribution in [0.3, 0.4) is 0 Å². The van der Waals surface area contributed by atoms with E-state index in [1.54, 1.807) is 0 Å². The van der Waals surface area contributed by atoms with Crippen molar-refractivity contribution < 1.29 is 9.53 Å². The van der Waals surface area contributed by atoms with Gasteiger partial charge in [-0.1, -0.05) is 17.7 Å². The third kappa shape index (κ3) is 4.85. The number of amides is 1. The zero-order valence-corrected chi connectivity index (χ0v) is 12.2. The first-order valence-electron chi connectivity index (χ1n) is 7.46. The molecule has 0 radical (unpaired) electrons. The predicted octanol–water partition coefficient (Wildman–Crippen LogP) is 2.02. The second kappa shape index (κ2) is 7.90. The lowest BCUT2D eigenvalue weighted by molar-refractivity contribution is -0.122. The Morgan fingerprint density at radius 1 is 1.35 bits per heavy atom. The second-order valence-corrected chi connectivity index (χ2v) is 5.31. The standard InChI is InChI=1S/C16H24N2O2/c1-13-6-8-14(9-7-13)20-12-3-2-10-18-16(19)15-5-4-11-17-15/h6-9,15,17H,2-5,10-12H2,1H3,(H,18,19). The number of hydrogen-bond donors (Lipinski definition) is 2. The van der Waals surface area contributed by atoms with Crippen molar-refractivity contribution >= 4 is 5.91 Å². The molecule has 1 atom stereocenters. The van der Waals surface area contributed by atoms with Gasteiger partial charge in [-0.2, -0.15) is 0 Å². The smallest absolute Gasteiger partial charge is 0.237 e. The lowest BCUT2D eigenvalue weighted by Crippen LogP contribution is -2.40. The van der Waals surface area contributed by atoms with E-state index in [0.717, 1.165) is 44.5 Å². The van der Waals surface area contributed by atoms with E-state index < -0.39 is 0 Å². The number of carbonyl (C=O) groups is 1. The summed E-state index contributed by atoms with van der Waals surface area (Å²) >= 11 is 0. The number of benzene rings is 1. The van der Waals surface area contributed by atoms with E-state index in [1.165, 1.54) is 5.56 Å². The molecule has 0 bridgehead atoms. The van der Waals surface area contributed by atoms with Crippen molar-refractivity contribution in [3.63, 3.8) is 0 Å². The average Bonchev–Trinajstić information content (AvgIpc) is 2.98. The van der Waals surface area contributed by atoms with Gasteiger partial charge in [-0.15, -0.1) is 0 Å². The van der Waals surface area contributed by atoms with Gasteiger partial charge < -0.3 is 15.4 Å². The molecule has 1 aliphatic heterocycles. The van der Waals surface area contributed by atoms with E-state index in [4.69, 9.17) is 4.74 Å². The van der Waals surface area contributed by atoms with E-state index in [-0.39, 0.29) is 11.9 Å². The fourth-order valence-corrected chi connectivity index (χ4v) is 2.29. The lowest BCUT2D eigenvalue weighted by Gasteiger charge is -2.11. The fourth-order valence-electron chi connectivity index (χ4n) is 2.29. The molecule has 4 nitrogen and oxygen atoms in total. The summed E-state index contributed by atoms with van der Waals surface area (Å²) in [5.74, 6) is 1.05. The Labute approximate surface area is 120 Å². The summed E-state index contributed by atoms with van der Waals surface area (Å²) in [6.45, 7) is 4.45. The van der Waals surface area contributed by atoms with Crippen LogP contribution in [0.4, 0.5) is 0 Å². The number of unbranched alkanes of at least 4 members (excludes halogenated alkanes) is 1. The number of hydrogen-bond acceptors (Lipinski definition) is 3. The molecule has 2 rings (SSSR count). The number of aryl methyl sites for hydroxylation is 1. The molecule has 2 N–H and O–H groups in total. The Morgan fingerprint density at radius 2 is 2.15 bits per heavy atom. The van der Waals surface area contributed by atoms with Gasteiger partial charge in [-0.25, -0.2) is 0 Å². The first-order valence-corrected chi connectivity index (χ1v) is 7.46. The van der Waals surface area contributed by atoms with E-state index in [9.17, 15) is 4.79 Å². The van der Waals surface area contributed by atoms with Crippen molar-refractivity contribution in [3.8, 4) is 5.75 Å². The highest BCUT2D eigenvalue weighted by atomic mass is 16.5. The molecule has 1 aromatic carbocycles. The molecule has 0 aliphatic carbocycles. The minimum atomic E-state index is 0.0267. The van der Waals surface area contributed by atoms with Crippen LogP contribution in [0.2, 0.25) is 0 Å². The van der Waals surface area contributed by atoms with Crippen LogP contribution in [-0.2, 0) is 4.79 Å². The Balaban J connectivity index is 1.51. The summed E-state index contributed by atoms with van der Waals surface area (Å²) in [6, 6.07) is 8.10. The van der Waals surface area contributed by atoms with Crippen LogP contribution in [0, 0.1) is 6.92 Å². The molecule has 0 aromatic heterocycles. The van der Waals surface area contributed by atoms with E-state index in [0.29, 0.717) is 6.61 Å². The number of rotatable bonds is 7. The van der Waals surface area contributed by atoms with Crippen molar-refractivity contribution in [2.45, 2.75) is 38.6 Å². The highest BCUT2D eigenvalue weighted by molar-refractivity contribution is 5.81. The van der Waals surface area contributed by atoms with Crippen LogP contribution in [0.25, 0.3) is 0 Å². The molecule has 1 saturated heterocycles. The van der Waals surface area contributed by atoms with Gasteiger partial charge in [0.05, 0.1) is 12.6 Å². The first-order chi connectivity index (χ1) is 9.75.